The molecule has 2 rings (SSSR count). The van der Waals surface area contributed by atoms with Crippen molar-refractivity contribution < 1.29 is 27.7 Å². The van der Waals surface area contributed by atoms with Crippen molar-refractivity contribution in [2.45, 2.75) is 0 Å². The summed E-state index contributed by atoms with van der Waals surface area (Å²) in [4.78, 5) is 10.5. The van der Waals surface area contributed by atoms with E-state index in [1.54, 1.807) is 6.07 Å². The molecule has 3 N–H and O–H groups in total. The number of rotatable bonds is 7. The third-order valence-corrected chi connectivity index (χ3v) is 3.71. The normalized spacial score (nSPS) is 11.3. The molecule has 0 saturated heterocycles. The van der Waals surface area contributed by atoms with Crippen LogP contribution in [0.3, 0.4) is 0 Å². The first kappa shape index (κ1) is 18.3. The molecule has 0 bridgehead atoms. The van der Waals surface area contributed by atoms with Crippen molar-refractivity contribution >= 4 is 33.7 Å². The molecule has 132 valence electrons. The van der Waals surface area contributed by atoms with Crippen LogP contribution >= 0.6 is 0 Å². The maximum atomic E-state index is 12.0. The maximum Gasteiger partial charge on any atom is 0.407 e. The number of nitrogens with zero attached hydrogens (tertiary/aromatic N) is 1. The Hall–Kier alpha value is -3.08. The second-order valence-corrected chi connectivity index (χ2v) is 5.98. The predicted molar refractivity (Wildman–Crippen MR) is 90.4 cm³/mol. The molecule has 0 unspecified atom stereocenters. The molecule has 2 aromatic carbocycles. The number of carboxylic acid groups (broad SMARTS) is 1. The molecule has 0 aliphatic carbocycles. The number of anilines is 2. The van der Waals surface area contributed by atoms with Crippen LogP contribution in [0.2, 0.25) is 0 Å². The van der Waals surface area contributed by atoms with E-state index in [1.807, 2.05) is 0 Å². The summed E-state index contributed by atoms with van der Waals surface area (Å²) in [5, 5.41) is 27.6. The highest BCUT2D eigenvalue weighted by Gasteiger charge is 2.13. The Morgan fingerprint density at radius 3 is 2.48 bits per heavy atom. The van der Waals surface area contributed by atoms with Gasteiger partial charge in [-0.2, -0.15) is 8.42 Å². The van der Waals surface area contributed by atoms with E-state index in [2.05, 4.69) is 4.72 Å². The minimum Gasteiger partial charge on any atom is -0.733 e. The average molecular weight is 365 g/mol. The van der Waals surface area contributed by atoms with E-state index in [0.717, 1.165) is 6.08 Å². The number of carboxylic acids is 1. The summed E-state index contributed by atoms with van der Waals surface area (Å²) in [6.45, 7) is 0. The first-order valence-corrected chi connectivity index (χ1v) is 8.15. The van der Waals surface area contributed by atoms with E-state index >= 15 is 0 Å². The fourth-order valence-electron chi connectivity index (χ4n) is 1.79. The Labute approximate surface area is 143 Å². The van der Waals surface area contributed by atoms with Gasteiger partial charge in [0.25, 0.3) is 0 Å². The molecule has 0 saturated carbocycles. The van der Waals surface area contributed by atoms with Gasteiger partial charge < -0.3 is 19.7 Å². The van der Waals surface area contributed by atoms with Crippen LogP contribution in [0.15, 0.2) is 54.6 Å². The zero-order chi connectivity index (χ0) is 18.4. The highest BCUT2D eigenvalue weighted by Crippen LogP contribution is 2.20. The number of carbonyl (C=O) groups is 1. The maximum absolute atomic E-state index is 12.0. The summed E-state index contributed by atoms with van der Waals surface area (Å²) >= 11 is 0. The van der Waals surface area contributed by atoms with E-state index in [4.69, 9.17) is 14.5 Å². The zero-order valence-electron chi connectivity index (χ0n) is 12.6. The van der Waals surface area contributed by atoms with Crippen LogP contribution in [-0.2, 0) is 15.1 Å². The van der Waals surface area contributed by atoms with E-state index in [1.165, 1.54) is 48.5 Å². The highest BCUT2D eigenvalue weighted by atomic mass is 32.2. The van der Waals surface area contributed by atoms with Crippen molar-refractivity contribution in [1.29, 1.82) is 0 Å². The van der Waals surface area contributed by atoms with Crippen LogP contribution in [0.25, 0.3) is 6.08 Å². The molecular formula is C15H13N2O7S-. The molecule has 0 radical (unpaired) electrons. The molecule has 10 heteroatoms. The van der Waals surface area contributed by atoms with Gasteiger partial charge in [-0.15, -0.1) is 0 Å². The van der Waals surface area contributed by atoms with Gasteiger partial charge in [0.05, 0.1) is 11.4 Å². The van der Waals surface area contributed by atoms with Crippen molar-refractivity contribution in [2.24, 2.45) is 0 Å². The van der Waals surface area contributed by atoms with Crippen molar-refractivity contribution in [3.63, 3.8) is 0 Å². The molecule has 0 spiro atoms. The van der Waals surface area contributed by atoms with E-state index in [-0.39, 0.29) is 22.4 Å². The quantitative estimate of drug-likeness (QED) is 0.501. The van der Waals surface area contributed by atoms with Gasteiger partial charge in [-0.3, -0.25) is 9.93 Å². The Morgan fingerprint density at radius 1 is 1.20 bits per heavy atom. The number of aliphatic carboxylic acids is 1. The molecular weight excluding hydrogens is 352 g/mol. The Bertz CT molecular complexity index is 877. The van der Waals surface area contributed by atoms with Crippen molar-refractivity contribution in [3.05, 3.63) is 65.4 Å². The molecule has 0 aromatic heterocycles. The lowest BCUT2D eigenvalue weighted by Crippen LogP contribution is -2.19. The first-order valence-electron chi connectivity index (χ1n) is 6.75. The summed E-state index contributed by atoms with van der Waals surface area (Å²) in [6, 6.07) is 10.8. The Kier molecular flexibility index (Phi) is 5.60. The second-order valence-electron chi connectivity index (χ2n) is 4.70. The highest BCUT2D eigenvalue weighted by molar-refractivity contribution is 7.88. The topological polar surface area (TPSA) is 139 Å². The van der Waals surface area contributed by atoms with E-state index in [9.17, 15) is 18.4 Å². The summed E-state index contributed by atoms with van der Waals surface area (Å²) in [6.07, 6.45) is 2.23. The largest absolute Gasteiger partial charge is 0.733 e. The van der Waals surface area contributed by atoms with Gasteiger partial charge in [0, 0.05) is 6.08 Å². The standard InChI is InChI=1S/C15H13N2O7S/c18-15(19)9-4-11-2-1-3-12(10-11)16-25(22,23)24-14-7-5-13(6-8-14)17(20)21/h1-10,16,20H,(H,18,19)/q-1. The van der Waals surface area contributed by atoms with E-state index in [0.29, 0.717) is 5.56 Å². The summed E-state index contributed by atoms with van der Waals surface area (Å²) in [5.41, 5.74) is 0.561. The Morgan fingerprint density at radius 2 is 1.88 bits per heavy atom. The number of hydrogen-bond donors (Lipinski definition) is 3. The van der Waals surface area contributed by atoms with Crippen LogP contribution in [0.1, 0.15) is 5.56 Å². The fourth-order valence-corrected chi connectivity index (χ4v) is 2.62. The smallest absolute Gasteiger partial charge is 0.407 e. The lowest BCUT2D eigenvalue weighted by molar-refractivity contribution is -0.131. The van der Waals surface area contributed by atoms with Gasteiger partial charge in [-0.05, 0) is 48.0 Å². The zero-order valence-corrected chi connectivity index (χ0v) is 13.4. The van der Waals surface area contributed by atoms with Crippen LogP contribution in [0, 0.1) is 5.21 Å². The van der Waals surface area contributed by atoms with Gasteiger partial charge in [0.15, 0.2) is 0 Å². The molecule has 0 aliphatic heterocycles. The van der Waals surface area contributed by atoms with Crippen LogP contribution in [0.5, 0.6) is 5.75 Å². The molecule has 9 nitrogen and oxygen atoms in total. The van der Waals surface area contributed by atoms with Crippen LogP contribution in [0.4, 0.5) is 11.4 Å². The molecule has 0 fully saturated rings. The first-order chi connectivity index (χ1) is 11.7. The molecule has 2 aromatic rings. The predicted octanol–water partition coefficient (Wildman–Crippen LogP) is 2.21. The van der Waals surface area contributed by atoms with Gasteiger partial charge in [0.2, 0.25) is 0 Å². The summed E-state index contributed by atoms with van der Waals surface area (Å²) < 4.78 is 31.0. The monoisotopic (exact) mass is 365 g/mol. The minimum absolute atomic E-state index is 0.0694. The van der Waals surface area contributed by atoms with E-state index < -0.39 is 16.3 Å². The summed E-state index contributed by atoms with van der Waals surface area (Å²) in [5.74, 6) is -1.20. The second kappa shape index (κ2) is 7.66. The van der Waals surface area contributed by atoms with Crippen molar-refractivity contribution in [1.82, 2.24) is 0 Å². The number of benzene rings is 2. The molecule has 0 heterocycles. The molecule has 25 heavy (non-hydrogen) atoms. The lowest BCUT2D eigenvalue weighted by Gasteiger charge is -2.21. The van der Waals surface area contributed by atoms with Crippen LogP contribution in [-0.4, -0.2) is 24.7 Å². The van der Waals surface area contributed by atoms with Gasteiger partial charge in [0.1, 0.15) is 5.75 Å². The third-order valence-electron chi connectivity index (χ3n) is 2.81. The van der Waals surface area contributed by atoms with Gasteiger partial charge in [-0.1, -0.05) is 12.1 Å². The van der Waals surface area contributed by atoms with Gasteiger partial charge in [-0.25, -0.2) is 4.79 Å². The van der Waals surface area contributed by atoms with Gasteiger partial charge >= 0.3 is 16.3 Å². The SMILES string of the molecule is O=C(O)C=Cc1cccc(NS(=O)(=O)Oc2ccc(N([O-])O)cc2)c1. The lowest BCUT2D eigenvalue weighted by atomic mass is 10.2. The number of nitrogens with one attached hydrogen (secondary N) is 1. The molecule has 0 amide bonds. The summed E-state index contributed by atoms with van der Waals surface area (Å²) in [7, 11) is -4.21. The molecule has 0 aliphatic rings. The number of hydrogen-bond acceptors (Lipinski definition) is 7. The fraction of sp³-hybridized carbons (Fsp3) is 0. The van der Waals surface area contributed by atoms with Crippen molar-refractivity contribution in [3.8, 4) is 5.75 Å². The molecule has 0 atom stereocenters. The minimum atomic E-state index is -4.21. The third kappa shape index (κ3) is 5.80. The Balaban J connectivity index is 2.10. The van der Waals surface area contributed by atoms with Crippen LogP contribution < -0.4 is 14.1 Å². The van der Waals surface area contributed by atoms with Crippen molar-refractivity contribution in [2.75, 3.05) is 9.95 Å². The average Bonchev–Trinajstić information content (AvgIpc) is 2.53.